The molecule has 0 bridgehead atoms. The van der Waals surface area contributed by atoms with E-state index in [1.807, 2.05) is 0 Å². The lowest BCUT2D eigenvalue weighted by atomic mass is 10.3. The van der Waals surface area contributed by atoms with Gasteiger partial charge in [0, 0.05) is 17.1 Å². The number of benzene rings is 1. The zero-order chi connectivity index (χ0) is 12.7. The van der Waals surface area contributed by atoms with Crippen LogP contribution in [-0.4, -0.2) is 24.6 Å². The van der Waals surface area contributed by atoms with Gasteiger partial charge >= 0.3 is 5.69 Å². The van der Waals surface area contributed by atoms with E-state index in [0.717, 1.165) is 13.0 Å². The molecule has 17 heavy (non-hydrogen) atoms. The highest BCUT2D eigenvalue weighted by Crippen LogP contribution is 2.29. The number of nitrogens with zero attached hydrogens (tertiary/aromatic N) is 1. The first-order valence-corrected chi connectivity index (χ1v) is 6.22. The minimum Gasteiger partial charge on any atom is -0.485 e. The summed E-state index contributed by atoms with van der Waals surface area (Å²) in [7, 11) is 0. The summed E-state index contributed by atoms with van der Waals surface area (Å²) in [6.45, 7) is 4.10. The molecule has 6 heteroatoms. The highest BCUT2D eigenvalue weighted by Gasteiger charge is 2.15. The molecule has 0 radical (unpaired) electrons. The molecule has 0 saturated carbocycles. The Hall–Kier alpha value is -1.14. The van der Waals surface area contributed by atoms with Gasteiger partial charge in [-0.05, 0) is 25.1 Å². The predicted molar refractivity (Wildman–Crippen MR) is 69.5 cm³/mol. The number of halogens is 1. The summed E-state index contributed by atoms with van der Waals surface area (Å²) in [5, 5.41) is 14.0. The summed E-state index contributed by atoms with van der Waals surface area (Å²) < 4.78 is 6.04. The lowest BCUT2D eigenvalue weighted by Gasteiger charge is -2.07. The summed E-state index contributed by atoms with van der Waals surface area (Å²) in [4.78, 5) is 10.4. The second-order valence-electron chi connectivity index (χ2n) is 3.47. The molecule has 0 aromatic heterocycles. The lowest BCUT2D eigenvalue weighted by Crippen LogP contribution is -2.21. The van der Waals surface area contributed by atoms with Crippen molar-refractivity contribution in [2.75, 3.05) is 19.7 Å². The molecule has 1 rings (SSSR count). The van der Waals surface area contributed by atoms with Gasteiger partial charge in [-0.1, -0.05) is 22.9 Å². The Morgan fingerprint density at radius 2 is 2.24 bits per heavy atom. The quantitative estimate of drug-likeness (QED) is 0.478. The van der Waals surface area contributed by atoms with Crippen LogP contribution in [-0.2, 0) is 0 Å². The van der Waals surface area contributed by atoms with Gasteiger partial charge < -0.3 is 10.1 Å². The molecule has 0 amide bonds. The molecule has 0 aliphatic carbocycles. The molecule has 0 heterocycles. The minimum absolute atomic E-state index is 0.0186. The molecule has 94 valence electrons. The third kappa shape index (κ3) is 4.70. The zero-order valence-corrected chi connectivity index (χ0v) is 11.2. The summed E-state index contributed by atoms with van der Waals surface area (Å²) >= 11 is 3.19. The Kier molecular flexibility index (Phi) is 5.93. The molecule has 1 aromatic rings. The van der Waals surface area contributed by atoms with Crippen LogP contribution >= 0.6 is 15.9 Å². The largest absolute Gasteiger partial charge is 0.485 e. The lowest BCUT2D eigenvalue weighted by molar-refractivity contribution is -0.385. The van der Waals surface area contributed by atoms with E-state index in [1.54, 1.807) is 12.1 Å². The van der Waals surface area contributed by atoms with Crippen molar-refractivity contribution in [2.45, 2.75) is 13.3 Å². The van der Waals surface area contributed by atoms with E-state index in [4.69, 9.17) is 4.74 Å². The fourth-order valence-corrected chi connectivity index (χ4v) is 1.64. The molecular weight excluding hydrogens is 288 g/mol. The van der Waals surface area contributed by atoms with E-state index in [2.05, 4.69) is 28.2 Å². The number of nitro benzene ring substituents is 1. The van der Waals surface area contributed by atoms with Gasteiger partial charge in [0.25, 0.3) is 0 Å². The van der Waals surface area contributed by atoms with Crippen LogP contribution in [0.1, 0.15) is 13.3 Å². The summed E-state index contributed by atoms with van der Waals surface area (Å²) in [5.74, 6) is 0.302. The van der Waals surface area contributed by atoms with Crippen molar-refractivity contribution in [1.82, 2.24) is 5.32 Å². The number of nitrogens with one attached hydrogen (secondary N) is 1. The average molecular weight is 303 g/mol. The van der Waals surface area contributed by atoms with Crippen molar-refractivity contribution in [1.29, 1.82) is 0 Å². The van der Waals surface area contributed by atoms with Gasteiger partial charge in [0.1, 0.15) is 6.61 Å². The van der Waals surface area contributed by atoms with Gasteiger partial charge in [-0.15, -0.1) is 0 Å². The van der Waals surface area contributed by atoms with E-state index in [9.17, 15) is 10.1 Å². The summed E-state index contributed by atoms with van der Waals surface area (Å²) in [5.41, 5.74) is -0.0186. The van der Waals surface area contributed by atoms with Crippen LogP contribution in [0.25, 0.3) is 0 Å². The molecule has 0 atom stereocenters. The van der Waals surface area contributed by atoms with Crippen molar-refractivity contribution >= 4 is 21.6 Å². The summed E-state index contributed by atoms with van der Waals surface area (Å²) in [6.07, 6.45) is 1.05. The van der Waals surface area contributed by atoms with Crippen molar-refractivity contribution in [3.8, 4) is 5.75 Å². The van der Waals surface area contributed by atoms with Gasteiger partial charge in [-0.25, -0.2) is 0 Å². The molecule has 0 fully saturated rings. The fraction of sp³-hybridized carbons (Fsp3) is 0.455. The van der Waals surface area contributed by atoms with Gasteiger partial charge in [-0.2, -0.15) is 0 Å². The van der Waals surface area contributed by atoms with Crippen LogP contribution in [0.4, 0.5) is 5.69 Å². The summed E-state index contributed by atoms with van der Waals surface area (Å²) in [6, 6.07) is 4.76. The zero-order valence-electron chi connectivity index (χ0n) is 9.61. The predicted octanol–water partition coefficient (Wildman–Crippen LogP) is 2.74. The normalized spacial score (nSPS) is 10.2. The Morgan fingerprint density at radius 1 is 1.47 bits per heavy atom. The van der Waals surface area contributed by atoms with Crippen molar-refractivity contribution in [3.63, 3.8) is 0 Å². The molecule has 5 nitrogen and oxygen atoms in total. The fourth-order valence-electron chi connectivity index (χ4n) is 1.29. The molecule has 1 N–H and O–H groups in total. The molecule has 0 spiro atoms. The third-order valence-electron chi connectivity index (χ3n) is 2.08. The maximum Gasteiger partial charge on any atom is 0.312 e. The van der Waals surface area contributed by atoms with E-state index in [0.29, 0.717) is 23.4 Å². The molecule has 0 aliphatic heterocycles. The number of rotatable bonds is 7. The van der Waals surface area contributed by atoms with Crippen molar-refractivity contribution < 1.29 is 9.66 Å². The van der Waals surface area contributed by atoms with Crippen molar-refractivity contribution in [3.05, 3.63) is 32.8 Å². The van der Waals surface area contributed by atoms with Gasteiger partial charge in [0.2, 0.25) is 0 Å². The second kappa shape index (κ2) is 7.24. The van der Waals surface area contributed by atoms with Gasteiger partial charge in [0.15, 0.2) is 5.75 Å². The van der Waals surface area contributed by atoms with Crippen molar-refractivity contribution in [2.24, 2.45) is 0 Å². The molecule has 1 aromatic carbocycles. The Labute approximate surface area is 108 Å². The smallest absolute Gasteiger partial charge is 0.312 e. The van der Waals surface area contributed by atoms with Crippen LogP contribution in [0, 0.1) is 10.1 Å². The molecule has 0 saturated heterocycles. The standard InChI is InChI=1S/C11H15BrN2O3/c1-2-5-13-6-7-17-11-4-3-9(12)8-10(11)14(15)16/h3-4,8,13H,2,5-7H2,1H3. The van der Waals surface area contributed by atoms with Gasteiger partial charge in [-0.3, -0.25) is 10.1 Å². The highest BCUT2D eigenvalue weighted by atomic mass is 79.9. The van der Waals surface area contributed by atoms with Crippen LogP contribution in [0.2, 0.25) is 0 Å². The first-order valence-electron chi connectivity index (χ1n) is 5.42. The number of ether oxygens (including phenoxy) is 1. The maximum absolute atomic E-state index is 10.8. The molecular formula is C11H15BrN2O3. The van der Waals surface area contributed by atoms with Gasteiger partial charge in [0.05, 0.1) is 4.92 Å². The van der Waals surface area contributed by atoms with E-state index >= 15 is 0 Å². The van der Waals surface area contributed by atoms with Crippen LogP contribution < -0.4 is 10.1 Å². The van der Waals surface area contributed by atoms with E-state index < -0.39 is 4.92 Å². The Morgan fingerprint density at radius 3 is 2.88 bits per heavy atom. The minimum atomic E-state index is -0.445. The van der Waals surface area contributed by atoms with E-state index in [1.165, 1.54) is 6.07 Å². The number of hydrogen-bond acceptors (Lipinski definition) is 4. The third-order valence-corrected chi connectivity index (χ3v) is 2.57. The van der Waals surface area contributed by atoms with Crippen LogP contribution in [0.15, 0.2) is 22.7 Å². The molecule has 0 aliphatic rings. The first-order chi connectivity index (χ1) is 8.15. The maximum atomic E-state index is 10.8. The average Bonchev–Trinajstić information content (AvgIpc) is 2.30. The number of nitro groups is 1. The van der Waals surface area contributed by atoms with Crippen LogP contribution in [0.5, 0.6) is 5.75 Å². The topological polar surface area (TPSA) is 64.4 Å². The first kappa shape index (κ1) is 13.9. The SMILES string of the molecule is CCCNCCOc1ccc(Br)cc1[N+](=O)[O-]. The molecule has 0 unspecified atom stereocenters. The Balaban J connectivity index is 2.55. The number of hydrogen-bond donors (Lipinski definition) is 1. The monoisotopic (exact) mass is 302 g/mol. The Bertz CT molecular complexity index is 385. The van der Waals surface area contributed by atoms with Crippen LogP contribution in [0.3, 0.4) is 0 Å². The highest BCUT2D eigenvalue weighted by molar-refractivity contribution is 9.10. The second-order valence-corrected chi connectivity index (χ2v) is 4.38. The van der Waals surface area contributed by atoms with E-state index in [-0.39, 0.29) is 5.69 Å².